The van der Waals surface area contributed by atoms with Gasteiger partial charge in [-0.2, -0.15) is 0 Å². The third kappa shape index (κ3) is 2.09. The Balaban J connectivity index is 1.80. The van der Waals surface area contributed by atoms with Crippen molar-refractivity contribution in [3.8, 4) is 0 Å². The van der Waals surface area contributed by atoms with Crippen LogP contribution in [0.25, 0.3) is 0 Å². The molecule has 20 heavy (non-hydrogen) atoms. The summed E-state index contributed by atoms with van der Waals surface area (Å²) in [5.41, 5.74) is 0.332. The highest BCUT2D eigenvalue weighted by atomic mass is 19.1. The number of nitrogens with one attached hydrogen (secondary N) is 1. The molecule has 1 saturated carbocycles. The van der Waals surface area contributed by atoms with Crippen LogP contribution >= 0.6 is 0 Å². The number of allylic oxidation sites excluding steroid dienone is 2. The molecule has 1 aromatic rings. The molecule has 1 fully saturated rings. The Morgan fingerprint density at radius 3 is 2.55 bits per heavy atom. The number of anilines is 1. The standard InChI is InChI=1S/C15H14FNO3/c16-10-2-1-3-11(7-10)17-14(18)12-8-4-5-9(6-8)13(12)15(19)20/h1-5,7-9,12-13H,6H2,(H,17,18)(H,19,20)/p-1/t8-,9+,12-,13-/m1/s1. The molecule has 0 radical (unpaired) electrons. The maximum Gasteiger partial charge on any atom is 0.228 e. The highest BCUT2D eigenvalue weighted by molar-refractivity contribution is 5.96. The molecule has 0 spiro atoms. The Hall–Kier alpha value is -2.17. The lowest BCUT2D eigenvalue weighted by molar-refractivity contribution is -0.313. The minimum absolute atomic E-state index is 0.0727. The summed E-state index contributed by atoms with van der Waals surface area (Å²) in [6.07, 6.45) is 4.40. The van der Waals surface area contributed by atoms with Gasteiger partial charge in [-0.05, 0) is 36.5 Å². The number of carboxylic acids is 1. The van der Waals surface area contributed by atoms with Crippen LogP contribution in [0.4, 0.5) is 10.1 Å². The number of carbonyl (C=O) groups excluding carboxylic acids is 2. The van der Waals surface area contributed by atoms with Crippen molar-refractivity contribution < 1.29 is 19.1 Å². The van der Waals surface area contributed by atoms with E-state index in [2.05, 4.69) is 5.32 Å². The Bertz CT molecular complexity index is 599. The van der Waals surface area contributed by atoms with Crippen LogP contribution in [0.15, 0.2) is 36.4 Å². The molecule has 1 aromatic carbocycles. The normalized spacial score (nSPS) is 30.4. The maximum absolute atomic E-state index is 13.1. The van der Waals surface area contributed by atoms with Crippen LogP contribution in [0.1, 0.15) is 6.42 Å². The van der Waals surface area contributed by atoms with E-state index in [0.717, 1.165) is 0 Å². The number of halogens is 1. The minimum atomic E-state index is -1.19. The number of amides is 1. The smallest absolute Gasteiger partial charge is 0.228 e. The van der Waals surface area contributed by atoms with E-state index in [4.69, 9.17) is 0 Å². The van der Waals surface area contributed by atoms with E-state index in [1.807, 2.05) is 12.2 Å². The highest BCUT2D eigenvalue weighted by Crippen LogP contribution is 2.48. The molecular weight excluding hydrogens is 261 g/mol. The van der Waals surface area contributed by atoms with E-state index in [0.29, 0.717) is 12.1 Å². The van der Waals surface area contributed by atoms with Gasteiger partial charge in [0.2, 0.25) is 5.91 Å². The molecule has 0 saturated heterocycles. The van der Waals surface area contributed by atoms with Gasteiger partial charge in [-0.25, -0.2) is 4.39 Å². The Kier molecular flexibility index (Phi) is 3.04. The molecule has 4 atom stereocenters. The van der Waals surface area contributed by atoms with Crippen molar-refractivity contribution in [3.05, 3.63) is 42.2 Å². The average molecular weight is 274 g/mol. The number of hydrogen-bond donors (Lipinski definition) is 1. The lowest BCUT2D eigenvalue weighted by Crippen LogP contribution is -2.42. The van der Waals surface area contributed by atoms with E-state index in [1.54, 1.807) is 6.07 Å². The summed E-state index contributed by atoms with van der Waals surface area (Å²) in [5, 5.41) is 13.8. The van der Waals surface area contributed by atoms with Crippen LogP contribution in [0.5, 0.6) is 0 Å². The van der Waals surface area contributed by atoms with Crippen LogP contribution in [0.2, 0.25) is 0 Å². The van der Waals surface area contributed by atoms with Gasteiger partial charge in [0.25, 0.3) is 0 Å². The molecule has 0 aliphatic heterocycles. The molecule has 5 heteroatoms. The molecule has 2 aliphatic carbocycles. The van der Waals surface area contributed by atoms with Crippen LogP contribution < -0.4 is 10.4 Å². The fraction of sp³-hybridized carbons (Fsp3) is 0.333. The average Bonchev–Trinajstić information content (AvgIpc) is 2.98. The third-order valence-electron chi connectivity index (χ3n) is 4.13. The molecule has 0 unspecified atom stereocenters. The fourth-order valence-corrected chi connectivity index (χ4v) is 3.29. The molecular formula is C15H13FNO3-. The number of fused-ring (bicyclic) bond motifs is 2. The summed E-state index contributed by atoms with van der Waals surface area (Å²) in [5.74, 6) is -3.67. The fourth-order valence-electron chi connectivity index (χ4n) is 3.29. The van der Waals surface area contributed by atoms with E-state index in [9.17, 15) is 19.1 Å². The van der Waals surface area contributed by atoms with Crippen molar-refractivity contribution in [1.29, 1.82) is 0 Å². The van der Waals surface area contributed by atoms with Crippen molar-refractivity contribution in [2.75, 3.05) is 5.32 Å². The van der Waals surface area contributed by atoms with Gasteiger partial charge in [0.15, 0.2) is 0 Å². The summed E-state index contributed by atoms with van der Waals surface area (Å²) in [7, 11) is 0. The zero-order valence-corrected chi connectivity index (χ0v) is 10.6. The molecule has 0 aromatic heterocycles. The first-order chi connectivity index (χ1) is 9.56. The topological polar surface area (TPSA) is 69.2 Å². The summed E-state index contributed by atoms with van der Waals surface area (Å²) in [6.45, 7) is 0. The van der Waals surface area contributed by atoms with Gasteiger partial charge in [-0.1, -0.05) is 18.2 Å². The summed E-state index contributed by atoms with van der Waals surface area (Å²) >= 11 is 0. The van der Waals surface area contributed by atoms with Gasteiger partial charge < -0.3 is 15.2 Å². The van der Waals surface area contributed by atoms with E-state index in [1.165, 1.54) is 18.2 Å². The summed E-state index contributed by atoms with van der Waals surface area (Å²) in [4.78, 5) is 23.5. The van der Waals surface area contributed by atoms with Crippen molar-refractivity contribution in [3.63, 3.8) is 0 Å². The van der Waals surface area contributed by atoms with Crippen molar-refractivity contribution >= 4 is 17.6 Å². The number of carboxylic acid groups (broad SMARTS) is 1. The Morgan fingerprint density at radius 2 is 1.90 bits per heavy atom. The number of carbonyl (C=O) groups is 2. The molecule has 1 amide bonds. The van der Waals surface area contributed by atoms with Crippen molar-refractivity contribution in [1.82, 2.24) is 0 Å². The first-order valence-electron chi connectivity index (χ1n) is 6.52. The van der Waals surface area contributed by atoms with Crippen molar-refractivity contribution in [2.45, 2.75) is 6.42 Å². The Morgan fingerprint density at radius 1 is 1.20 bits per heavy atom. The quantitative estimate of drug-likeness (QED) is 0.834. The second-order valence-corrected chi connectivity index (χ2v) is 5.32. The van der Waals surface area contributed by atoms with E-state index in [-0.39, 0.29) is 17.7 Å². The molecule has 0 heterocycles. The predicted octanol–water partition coefficient (Wildman–Crippen LogP) is 0.952. The first kappa shape index (κ1) is 12.8. The molecule has 4 nitrogen and oxygen atoms in total. The zero-order chi connectivity index (χ0) is 14.3. The lowest BCUT2D eigenvalue weighted by atomic mass is 9.82. The SMILES string of the molecule is O=C(Nc1cccc(F)c1)[C@H]1[C@H](C(=O)[O-])[C@H]2C=C[C@@H]1C2. The Labute approximate surface area is 115 Å². The van der Waals surface area contributed by atoms with Gasteiger partial charge in [0.05, 0.1) is 5.92 Å². The predicted molar refractivity (Wildman–Crippen MR) is 67.8 cm³/mol. The van der Waals surface area contributed by atoms with Gasteiger partial charge >= 0.3 is 0 Å². The molecule has 3 rings (SSSR count). The number of aliphatic carboxylic acids is 1. The van der Waals surface area contributed by atoms with Gasteiger partial charge in [-0.15, -0.1) is 0 Å². The van der Waals surface area contributed by atoms with Gasteiger partial charge in [0.1, 0.15) is 5.82 Å². The number of hydrogen-bond acceptors (Lipinski definition) is 3. The monoisotopic (exact) mass is 274 g/mol. The molecule has 104 valence electrons. The van der Waals surface area contributed by atoms with Crippen LogP contribution in [-0.4, -0.2) is 11.9 Å². The summed E-state index contributed by atoms with van der Waals surface area (Å²) < 4.78 is 13.1. The van der Waals surface area contributed by atoms with Gasteiger partial charge in [-0.3, -0.25) is 4.79 Å². The number of rotatable bonds is 3. The number of benzene rings is 1. The maximum atomic E-state index is 13.1. The highest BCUT2D eigenvalue weighted by Gasteiger charge is 2.48. The second-order valence-electron chi connectivity index (χ2n) is 5.32. The first-order valence-corrected chi connectivity index (χ1v) is 6.52. The lowest BCUT2D eigenvalue weighted by Gasteiger charge is -2.27. The second kappa shape index (κ2) is 4.74. The van der Waals surface area contributed by atoms with Crippen molar-refractivity contribution in [2.24, 2.45) is 23.7 Å². The van der Waals surface area contributed by atoms with Crippen LogP contribution in [0.3, 0.4) is 0 Å². The minimum Gasteiger partial charge on any atom is -0.550 e. The zero-order valence-electron chi connectivity index (χ0n) is 10.6. The summed E-state index contributed by atoms with van der Waals surface area (Å²) in [6, 6.07) is 5.54. The molecule has 1 N–H and O–H groups in total. The van der Waals surface area contributed by atoms with Crippen LogP contribution in [0, 0.1) is 29.5 Å². The van der Waals surface area contributed by atoms with E-state index >= 15 is 0 Å². The third-order valence-corrected chi connectivity index (χ3v) is 4.13. The molecule has 2 aliphatic rings. The largest absolute Gasteiger partial charge is 0.550 e. The van der Waals surface area contributed by atoms with Crippen LogP contribution in [-0.2, 0) is 9.59 Å². The van der Waals surface area contributed by atoms with E-state index < -0.39 is 23.6 Å². The molecule has 2 bridgehead atoms. The van der Waals surface area contributed by atoms with Gasteiger partial charge in [0, 0.05) is 17.6 Å².